The lowest BCUT2D eigenvalue weighted by Gasteiger charge is -2.04. The Hall–Kier alpha value is -3.78. The summed E-state index contributed by atoms with van der Waals surface area (Å²) in [7, 11) is 1.46. The molecule has 0 radical (unpaired) electrons. The van der Waals surface area contributed by atoms with E-state index < -0.39 is 10.9 Å². The number of hydrazine groups is 1. The third kappa shape index (κ3) is 2.23. The van der Waals surface area contributed by atoms with Crippen LogP contribution in [0, 0.1) is 10.1 Å². The number of nitrogens with one attached hydrogen (secondary N) is 1. The van der Waals surface area contributed by atoms with E-state index in [1.807, 2.05) is 0 Å². The van der Waals surface area contributed by atoms with Crippen LogP contribution in [0.4, 0.5) is 11.4 Å². The molecule has 0 bridgehead atoms. The van der Waals surface area contributed by atoms with Crippen LogP contribution in [-0.4, -0.2) is 23.0 Å². The van der Waals surface area contributed by atoms with Crippen molar-refractivity contribution in [2.75, 3.05) is 12.1 Å². The molecule has 1 N–H and O–H groups in total. The first-order valence-corrected chi connectivity index (χ1v) is 6.68. The second-order valence-corrected chi connectivity index (χ2v) is 4.73. The quantitative estimate of drug-likeness (QED) is 0.230. The summed E-state index contributed by atoms with van der Waals surface area (Å²) in [5.74, 6) is -0.357. The zero-order valence-corrected chi connectivity index (χ0v) is 12.3. The monoisotopic (exact) mass is 326 g/mol. The van der Waals surface area contributed by atoms with E-state index in [1.165, 1.54) is 31.4 Å². The highest BCUT2D eigenvalue weighted by molar-refractivity contribution is 6.36. The Morgan fingerprint density at radius 1 is 1.46 bits per heavy atom. The van der Waals surface area contributed by atoms with Crippen molar-refractivity contribution in [3.8, 4) is 5.75 Å². The minimum Gasteiger partial charge on any atom is -0.495 e. The number of carbonyl (C=O) groups is 1. The molecule has 1 aliphatic rings. The first kappa shape index (κ1) is 15.1. The fourth-order valence-corrected chi connectivity index (χ4v) is 2.54. The van der Waals surface area contributed by atoms with Crippen molar-refractivity contribution in [3.63, 3.8) is 0 Å². The van der Waals surface area contributed by atoms with Crippen molar-refractivity contribution in [1.29, 1.82) is 0 Å². The molecule has 10 heteroatoms. The number of azide groups is 1. The summed E-state index contributed by atoms with van der Waals surface area (Å²) in [4.78, 5) is 29.4. The van der Waals surface area contributed by atoms with E-state index in [-0.39, 0.29) is 22.5 Å². The van der Waals surface area contributed by atoms with E-state index in [1.54, 1.807) is 12.3 Å². The van der Waals surface area contributed by atoms with Crippen molar-refractivity contribution in [2.45, 2.75) is 0 Å². The first-order valence-electron chi connectivity index (χ1n) is 6.68. The van der Waals surface area contributed by atoms with E-state index in [0.717, 1.165) is 0 Å². The van der Waals surface area contributed by atoms with Crippen LogP contribution >= 0.6 is 0 Å². The Balaban J connectivity index is 2.27. The number of hydrogen-bond acceptors (Lipinski definition) is 5. The lowest BCUT2D eigenvalue weighted by atomic mass is 10.0. The average Bonchev–Trinajstić information content (AvgIpc) is 3.11. The van der Waals surface area contributed by atoms with Gasteiger partial charge in [-0.15, -0.1) is 0 Å². The molecular formula is C14H10N6O4. The second-order valence-electron chi connectivity index (χ2n) is 4.73. The van der Waals surface area contributed by atoms with E-state index in [0.29, 0.717) is 16.5 Å². The van der Waals surface area contributed by atoms with Gasteiger partial charge >= 0.3 is 5.91 Å². The molecule has 120 valence electrons. The number of methoxy groups -OCH3 is 1. The maximum atomic E-state index is 12.5. The topological polar surface area (TPSA) is 137 Å². The molecule has 10 nitrogen and oxygen atoms in total. The smallest absolute Gasteiger partial charge is 0.320 e. The molecule has 0 spiro atoms. The first-order chi connectivity index (χ1) is 11.6. The standard InChI is InChI=1S/C14H10N6O4/c1-24-12-5-6-16-10(12)7-8-13-9(17-18-15)3-2-4-11(13)19(14(8)21)20(22)23/h2-7,16H,1H3. The van der Waals surface area contributed by atoms with E-state index in [2.05, 4.69) is 15.0 Å². The Bertz CT molecular complexity index is 925. The molecule has 0 atom stereocenters. The number of aromatic nitrogens is 1. The summed E-state index contributed by atoms with van der Waals surface area (Å²) in [6, 6.07) is 6.02. The molecule has 24 heavy (non-hydrogen) atoms. The summed E-state index contributed by atoms with van der Waals surface area (Å²) in [5.41, 5.74) is 9.58. The number of nitro groups is 1. The molecule has 0 saturated heterocycles. The van der Waals surface area contributed by atoms with Gasteiger partial charge in [-0.2, -0.15) is 0 Å². The number of nitrogens with zero attached hydrogens (tertiary/aromatic N) is 5. The largest absolute Gasteiger partial charge is 0.495 e. The lowest BCUT2D eigenvalue weighted by molar-refractivity contribution is -0.482. The number of hydrogen-bond donors (Lipinski definition) is 1. The molecule has 1 amide bonds. The lowest BCUT2D eigenvalue weighted by Crippen LogP contribution is -2.32. The van der Waals surface area contributed by atoms with Gasteiger partial charge in [0.05, 0.1) is 18.4 Å². The van der Waals surface area contributed by atoms with E-state index >= 15 is 0 Å². The number of aromatic amines is 1. The molecule has 1 aliphatic heterocycles. The second kappa shape index (κ2) is 5.78. The molecule has 1 aromatic carbocycles. The van der Waals surface area contributed by atoms with Gasteiger partial charge in [-0.25, -0.2) is 10.1 Å². The fourth-order valence-electron chi connectivity index (χ4n) is 2.54. The zero-order chi connectivity index (χ0) is 17.3. The normalized spacial score (nSPS) is 14.5. The average molecular weight is 326 g/mol. The van der Waals surface area contributed by atoms with Gasteiger partial charge in [0.1, 0.15) is 11.4 Å². The third-order valence-corrected chi connectivity index (χ3v) is 3.50. The molecular weight excluding hydrogens is 316 g/mol. The van der Waals surface area contributed by atoms with Crippen LogP contribution in [0.25, 0.3) is 22.1 Å². The van der Waals surface area contributed by atoms with Gasteiger partial charge in [-0.3, -0.25) is 4.79 Å². The minimum absolute atomic E-state index is 0.0328. The van der Waals surface area contributed by atoms with Gasteiger partial charge in [-0.05, 0) is 28.7 Å². The van der Waals surface area contributed by atoms with Crippen molar-refractivity contribution in [2.24, 2.45) is 5.11 Å². The van der Waals surface area contributed by atoms with Crippen LogP contribution in [0.1, 0.15) is 11.3 Å². The number of H-pyrrole nitrogens is 1. The summed E-state index contributed by atoms with van der Waals surface area (Å²) < 4.78 is 5.15. The van der Waals surface area contributed by atoms with Crippen molar-refractivity contribution in [3.05, 3.63) is 62.3 Å². The highest BCUT2D eigenvalue weighted by Crippen LogP contribution is 2.43. The minimum atomic E-state index is -0.827. The summed E-state index contributed by atoms with van der Waals surface area (Å²) >= 11 is 0. The number of benzene rings is 1. The Morgan fingerprint density at radius 3 is 2.92 bits per heavy atom. The highest BCUT2D eigenvalue weighted by atomic mass is 16.7. The Kier molecular flexibility index (Phi) is 3.64. The van der Waals surface area contributed by atoms with Gasteiger partial charge in [-0.1, -0.05) is 17.2 Å². The van der Waals surface area contributed by atoms with Crippen molar-refractivity contribution in [1.82, 2.24) is 4.98 Å². The van der Waals surface area contributed by atoms with Gasteiger partial charge in [0, 0.05) is 22.4 Å². The molecule has 1 aromatic heterocycles. The molecule has 0 fully saturated rings. The SMILES string of the molecule is COc1cc[nH]c1C=C1C(=O)N([N+](=O)[O-])c2cccc(N=[N+]=[N-])c21. The predicted molar refractivity (Wildman–Crippen MR) is 84.9 cm³/mol. The van der Waals surface area contributed by atoms with E-state index in [4.69, 9.17) is 10.3 Å². The van der Waals surface area contributed by atoms with Gasteiger partial charge in [0.15, 0.2) is 5.03 Å². The van der Waals surface area contributed by atoms with Crippen LogP contribution in [0.5, 0.6) is 5.75 Å². The van der Waals surface area contributed by atoms with E-state index in [9.17, 15) is 14.9 Å². The van der Waals surface area contributed by atoms with Crippen LogP contribution in [0.3, 0.4) is 0 Å². The highest BCUT2D eigenvalue weighted by Gasteiger charge is 2.42. The number of rotatable bonds is 4. The van der Waals surface area contributed by atoms with Crippen LogP contribution in [-0.2, 0) is 4.79 Å². The molecule has 0 aliphatic carbocycles. The molecule has 3 rings (SSSR count). The Labute approximate surface area is 134 Å². The number of ether oxygens (including phenoxy) is 1. The van der Waals surface area contributed by atoms with Crippen molar-refractivity contribution < 1.29 is 14.6 Å². The zero-order valence-electron chi connectivity index (χ0n) is 12.3. The maximum absolute atomic E-state index is 12.5. The van der Waals surface area contributed by atoms with Crippen LogP contribution in [0.15, 0.2) is 35.6 Å². The third-order valence-electron chi connectivity index (χ3n) is 3.50. The Morgan fingerprint density at radius 2 is 2.25 bits per heavy atom. The number of carbonyl (C=O) groups excluding carboxylic acids is 1. The molecule has 0 unspecified atom stereocenters. The summed E-state index contributed by atoms with van der Waals surface area (Å²) in [5, 5.41) is 14.4. The van der Waals surface area contributed by atoms with Gasteiger partial charge < -0.3 is 9.72 Å². The fraction of sp³-hybridized carbons (Fsp3) is 0.0714. The van der Waals surface area contributed by atoms with Crippen LogP contribution < -0.4 is 9.75 Å². The molecule has 2 heterocycles. The van der Waals surface area contributed by atoms with Gasteiger partial charge in [0.25, 0.3) is 0 Å². The summed E-state index contributed by atoms with van der Waals surface area (Å²) in [6.45, 7) is 0. The van der Waals surface area contributed by atoms with Crippen LogP contribution in [0.2, 0.25) is 0 Å². The number of amides is 1. The van der Waals surface area contributed by atoms with Crippen molar-refractivity contribution >= 4 is 28.9 Å². The number of fused-ring (bicyclic) bond motifs is 1. The molecule has 2 aromatic rings. The molecule has 0 saturated carbocycles. The maximum Gasteiger partial charge on any atom is 0.320 e. The number of anilines is 1. The predicted octanol–water partition coefficient (Wildman–Crippen LogP) is 3.04. The summed E-state index contributed by atoms with van der Waals surface area (Å²) in [6.07, 6.45) is 3.04. The van der Waals surface area contributed by atoms with Gasteiger partial charge in [0.2, 0.25) is 0 Å².